The van der Waals surface area contributed by atoms with Gasteiger partial charge in [0.25, 0.3) is 0 Å². The molecule has 2 N–H and O–H groups in total. The molecule has 0 spiro atoms. The van der Waals surface area contributed by atoms with Crippen LogP contribution in [0.2, 0.25) is 10.0 Å². The predicted molar refractivity (Wildman–Crippen MR) is 164 cm³/mol. The van der Waals surface area contributed by atoms with Gasteiger partial charge in [-0.1, -0.05) is 60.3 Å². The number of carbonyl (C=O) groups is 1. The third kappa shape index (κ3) is 9.53. The van der Waals surface area contributed by atoms with Crippen molar-refractivity contribution in [3.63, 3.8) is 0 Å². The molecule has 0 amide bonds. The molecule has 2 aliphatic rings. The number of benzene rings is 3. The van der Waals surface area contributed by atoms with Crippen LogP contribution in [0, 0.1) is 0 Å². The van der Waals surface area contributed by atoms with Crippen LogP contribution < -0.4 is 19.5 Å². The third-order valence-electron chi connectivity index (χ3n) is 6.86. The van der Waals surface area contributed by atoms with Crippen LogP contribution in [0.15, 0.2) is 66.2 Å². The van der Waals surface area contributed by atoms with Crippen LogP contribution in [0.4, 0.5) is 13.2 Å². The van der Waals surface area contributed by atoms with Crippen LogP contribution in [-0.2, 0) is 17.5 Å². The van der Waals surface area contributed by atoms with Gasteiger partial charge in [0.2, 0.25) is 0 Å². The molecule has 236 valence electrons. The number of hydrogen-bond donors (Lipinski definition) is 2. The minimum Gasteiger partial charge on any atom is -0.656 e. The predicted octanol–water partition coefficient (Wildman–Crippen LogP) is 8.03. The van der Waals surface area contributed by atoms with Gasteiger partial charge in [-0.3, -0.25) is 0 Å². The summed E-state index contributed by atoms with van der Waals surface area (Å²) in [6, 6.07) is 16.9. The number of alkyl halides is 3. The SMILES string of the molecule is COc1cc(Cl)ccc1OCCOc1ccc(C2=C(C(=O)O)CNCC2)cc1.FC(F)(F)c1cccc(C[N-]C2CC2)c1Cl. The van der Waals surface area contributed by atoms with Gasteiger partial charge >= 0.3 is 12.1 Å². The molecule has 0 aromatic heterocycles. The van der Waals surface area contributed by atoms with Crippen LogP contribution in [0.5, 0.6) is 17.2 Å². The van der Waals surface area contributed by atoms with Gasteiger partial charge in [-0.25, -0.2) is 4.79 Å². The summed E-state index contributed by atoms with van der Waals surface area (Å²) < 4.78 is 54.2. The number of rotatable bonds is 11. The molecule has 44 heavy (non-hydrogen) atoms. The van der Waals surface area contributed by atoms with E-state index >= 15 is 0 Å². The first-order valence-corrected chi connectivity index (χ1v) is 14.7. The Balaban J connectivity index is 0.000000233. The fourth-order valence-electron chi connectivity index (χ4n) is 4.44. The maximum absolute atomic E-state index is 12.5. The smallest absolute Gasteiger partial charge is 0.417 e. The molecular formula is C32H32Cl2F3N2O5-. The van der Waals surface area contributed by atoms with Crippen molar-refractivity contribution in [2.45, 2.75) is 38.0 Å². The van der Waals surface area contributed by atoms with Crippen LogP contribution in [0.1, 0.15) is 36.0 Å². The zero-order valence-corrected chi connectivity index (χ0v) is 25.4. The first kappa shape index (κ1) is 33.5. The minimum absolute atomic E-state index is 0.223. The van der Waals surface area contributed by atoms with E-state index in [1.807, 2.05) is 24.3 Å². The number of nitrogens with zero attached hydrogens (tertiary/aromatic N) is 1. The lowest BCUT2D eigenvalue weighted by atomic mass is 9.94. The van der Waals surface area contributed by atoms with Gasteiger partial charge < -0.3 is 30.0 Å². The van der Waals surface area contributed by atoms with E-state index in [0.717, 1.165) is 36.6 Å². The monoisotopic (exact) mass is 651 g/mol. The van der Waals surface area contributed by atoms with Crippen molar-refractivity contribution >= 4 is 34.7 Å². The van der Waals surface area contributed by atoms with Crippen molar-refractivity contribution in [2.75, 3.05) is 33.4 Å². The number of carboxylic acid groups (broad SMARTS) is 1. The molecular weight excluding hydrogens is 620 g/mol. The Morgan fingerprint density at radius 1 is 1.02 bits per heavy atom. The topological polar surface area (TPSA) is 91.1 Å². The Kier molecular flexibility index (Phi) is 11.8. The Bertz CT molecular complexity index is 1460. The molecule has 0 atom stereocenters. The molecule has 1 fully saturated rings. The number of hydrogen-bond acceptors (Lipinski definition) is 5. The molecule has 7 nitrogen and oxygen atoms in total. The molecule has 0 radical (unpaired) electrons. The van der Waals surface area contributed by atoms with Crippen LogP contribution in [0.25, 0.3) is 10.9 Å². The van der Waals surface area contributed by atoms with Crippen LogP contribution in [0.3, 0.4) is 0 Å². The quantitative estimate of drug-likeness (QED) is 0.204. The van der Waals surface area contributed by atoms with Crippen LogP contribution >= 0.6 is 23.2 Å². The van der Waals surface area contributed by atoms with Gasteiger partial charge in [-0.05, 0) is 60.0 Å². The summed E-state index contributed by atoms with van der Waals surface area (Å²) in [5, 5.41) is 17.0. The first-order chi connectivity index (χ1) is 21.1. The third-order valence-corrected chi connectivity index (χ3v) is 7.55. The number of methoxy groups -OCH3 is 1. The lowest BCUT2D eigenvalue weighted by Crippen LogP contribution is -2.28. The van der Waals surface area contributed by atoms with E-state index < -0.39 is 17.7 Å². The lowest BCUT2D eigenvalue weighted by molar-refractivity contribution is -0.137. The summed E-state index contributed by atoms with van der Waals surface area (Å²) >= 11 is 11.6. The summed E-state index contributed by atoms with van der Waals surface area (Å²) in [5.74, 6) is 0.991. The maximum atomic E-state index is 12.5. The summed E-state index contributed by atoms with van der Waals surface area (Å²) in [4.78, 5) is 11.4. The van der Waals surface area contributed by atoms with Crippen molar-refractivity contribution < 1.29 is 37.3 Å². The molecule has 0 unspecified atom stereocenters. The van der Waals surface area contributed by atoms with Gasteiger partial charge in [0, 0.05) is 17.6 Å². The van der Waals surface area contributed by atoms with Crippen LogP contribution in [-0.4, -0.2) is 50.5 Å². The molecule has 3 aromatic rings. The van der Waals surface area contributed by atoms with Crippen molar-refractivity contribution in [3.05, 3.63) is 98.3 Å². The molecule has 1 saturated carbocycles. The van der Waals surface area contributed by atoms with E-state index in [4.69, 9.17) is 37.4 Å². The Labute approximate surface area is 263 Å². The Morgan fingerprint density at radius 2 is 1.75 bits per heavy atom. The van der Waals surface area contributed by atoms with E-state index in [2.05, 4.69) is 10.6 Å². The minimum atomic E-state index is -4.40. The standard InChI is InChI=1S/C21H22ClNO5.C11H10ClF3N/c1-26-20-12-15(22)4-7-19(20)28-11-10-27-16-5-2-14(3-6-16)17-8-9-23-13-18(17)21(24)25;12-10-7(6-16-8-4-5-8)2-1-3-9(10)11(13,14)15/h2-7,12,23H,8-11,13H2,1H3,(H,24,25);1-3,8H,4-6H2/q;-1. The van der Waals surface area contributed by atoms with E-state index in [-0.39, 0.29) is 11.6 Å². The second-order valence-corrected chi connectivity index (χ2v) is 10.9. The summed E-state index contributed by atoms with van der Waals surface area (Å²) in [7, 11) is 1.56. The number of nitrogens with one attached hydrogen (secondary N) is 1. The van der Waals surface area contributed by atoms with Gasteiger partial charge in [-0.2, -0.15) is 13.2 Å². The molecule has 0 saturated heterocycles. The average Bonchev–Trinajstić information content (AvgIpc) is 3.84. The molecule has 0 bridgehead atoms. The molecule has 1 aliphatic heterocycles. The zero-order valence-electron chi connectivity index (χ0n) is 23.9. The van der Waals surface area contributed by atoms with E-state index in [1.165, 1.54) is 6.07 Å². The first-order valence-electron chi connectivity index (χ1n) is 13.9. The van der Waals surface area contributed by atoms with Gasteiger partial charge in [0.05, 0.1) is 23.3 Å². The summed E-state index contributed by atoms with van der Waals surface area (Å²) in [5.41, 5.74) is 1.87. The fourth-order valence-corrected chi connectivity index (χ4v) is 4.89. The van der Waals surface area contributed by atoms with E-state index in [1.54, 1.807) is 31.4 Å². The Morgan fingerprint density at radius 3 is 2.41 bits per heavy atom. The van der Waals surface area contributed by atoms with E-state index in [9.17, 15) is 23.1 Å². The highest BCUT2D eigenvalue weighted by atomic mass is 35.5. The largest absolute Gasteiger partial charge is 0.656 e. The number of carboxylic acids is 1. The highest BCUT2D eigenvalue weighted by molar-refractivity contribution is 6.32. The van der Waals surface area contributed by atoms with Crippen molar-refractivity contribution in [1.29, 1.82) is 0 Å². The zero-order chi connectivity index (χ0) is 31.7. The number of aliphatic carboxylic acids is 1. The van der Waals surface area contributed by atoms with Crippen molar-refractivity contribution in [2.24, 2.45) is 0 Å². The Hall–Kier alpha value is -3.44. The highest BCUT2D eigenvalue weighted by Gasteiger charge is 2.33. The van der Waals surface area contributed by atoms with Crippen molar-refractivity contribution in [3.8, 4) is 17.2 Å². The second kappa shape index (κ2) is 15.5. The second-order valence-electron chi connectivity index (χ2n) is 10.1. The van der Waals surface area contributed by atoms with Gasteiger partial charge in [0.1, 0.15) is 19.0 Å². The number of ether oxygens (including phenoxy) is 3. The molecule has 12 heteroatoms. The maximum Gasteiger partial charge on any atom is 0.417 e. The molecule has 3 aromatic carbocycles. The van der Waals surface area contributed by atoms with Crippen molar-refractivity contribution in [1.82, 2.24) is 5.32 Å². The summed E-state index contributed by atoms with van der Waals surface area (Å²) in [6.45, 7) is 2.13. The van der Waals surface area contributed by atoms with E-state index in [0.29, 0.717) is 65.6 Å². The molecule has 1 aliphatic carbocycles. The summed E-state index contributed by atoms with van der Waals surface area (Å²) in [6.07, 6.45) is -1.63. The lowest BCUT2D eigenvalue weighted by Gasteiger charge is -2.20. The number of halogens is 5. The molecule has 1 heterocycles. The van der Waals surface area contributed by atoms with Gasteiger partial charge in [-0.15, -0.1) is 12.6 Å². The average molecular weight is 653 g/mol. The van der Waals surface area contributed by atoms with Gasteiger partial charge in [0.15, 0.2) is 11.5 Å². The normalized spacial score (nSPS) is 14.9. The molecule has 5 rings (SSSR count). The highest BCUT2D eigenvalue weighted by Crippen LogP contribution is 2.38. The fraction of sp³-hybridized carbons (Fsp3) is 0.344.